The van der Waals surface area contributed by atoms with Gasteiger partial charge in [-0.15, -0.1) is 0 Å². The fourth-order valence-corrected chi connectivity index (χ4v) is 10.6. The monoisotopic (exact) mass is 910 g/mol. The first-order valence-electron chi connectivity index (χ1n) is 19.3. The number of rotatable bonds is 12. The van der Waals surface area contributed by atoms with E-state index in [-0.39, 0.29) is 75.7 Å². The quantitative estimate of drug-likeness (QED) is 0.0824. The standard InChI is InChI=1S/C43H48BrFN2O10SSi/c1-42(2,3)59(7,8)57-43-29(35(47(4)5)38-32(40(43)50)41(46-56-38)54-22-25-17-13-10-14-18-25)20-26-19-27-31(36(48)30(26)39(43)49)37(53-21-24-15-11-9-12-16-24)33(44)28(34(27)45)23-55-58(6,51)52/h9-18,26,29,35,48H,19-23H2,1-8H3/t26-,29-,35-,43-/m0/s1. The highest BCUT2D eigenvalue weighted by Gasteiger charge is 2.69. The first-order valence-corrected chi connectivity index (χ1v) is 24.8. The molecule has 1 heterocycles. The van der Waals surface area contributed by atoms with Gasteiger partial charge in [0.2, 0.25) is 11.6 Å². The highest BCUT2D eigenvalue weighted by atomic mass is 79.9. The molecule has 3 aliphatic rings. The molecule has 1 N–H and O–H groups in total. The van der Waals surface area contributed by atoms with Crippen molar-refractivity contribution in [3.8, 4) is 11.6 Å². The second-order valence-corrected chi connectivity index (χ2v) is 24.4. The second kappa shape index (κ2) is 15.7. The van der Waals surface area contributed by atoms with Crippen molar-refractivity contribution in [2.75, 3.05) is 20.4 Å². The van der Waals surface area contributed by atoms with Gasteiger partial charge in [-0.3, -0.25) is 18.7 Å². The summed E-state index contributed by atoms with van der Waals surface area (Å²) in [7, 11) is -3.40. The number of nitrogens with zero attached hydrogens (tertiary/aromatic N) is 2. The number of aromatic nitrogens is 1. The van der Waals surface area contributed by atoms with Crippen LogP contribution in [0.2, 0.25) is 18.1 Å². The molecule has 4 aromatic rings. The van der Waals surface area contributed by atoms with Gasteiger partial charge in [-0.05, 0) is 83.2 Å². The van der Waals surface area contributed by atoms with Gasteiger partial charge < -0.3 is 23.5 Å². The molecule has 0 bridgehead atoms. The van der Waals surface area contributed by atoms with Crippen molar-refractivity contribution in [2.24, 2.45) is 11.8 Å². The molecule has 0 spiro atoms. The fraction of sp³-hybridized carbons (Fsp3) is 0.419. The third kappa shape index (κ3) is 7.60. The number of ketones is 2. The summed E-state index contributed by atoms with van der Waals surface area (Å²) in [6, 6.07) is 17.8. The van der Waals surface area contributed by atoms with Gasteiger partial charge in [0.25, 0.3) is 16.0 Å². The summed E-state index contributed by atoms with van der Waals surface area (Å²) in [5.41, 5.74) is -0.885. The van der Waals surface area contributed by atoms with E-state index < -0.39 is 76.7 Å². The van der Waals surface area contributed by atoms with Gasteiger partial charge in [-0.1, -0.05) is 81.4 Å². The maximum Gasteiger partial charge on any atom is 0.265 e. The average molecular weight is 912 g/mol. The van der Waals surface area contributed by atoms with Crippen molar-refractivity contribution in [1.29, 1.82) is 0 Å². The maximum absolute atomic E-state index is 16.9. The molecule has 12 nitrogen and oxygen atoms in total. The Balaban J connectivity index is 1.44. The van der Waals surface area contributed by atoms with Crippen molar-refractivity contribution in [3.05, 3.63) is 116 Å². The predicted molar refractivity (Wildman–Crippen MR) is 223 cm³/mol. The Bertz CT molecular complexity index is 2450. The molecule has 16 heteroatoms. The van der Waals surface area contributed by atoms with E-state index in [0.717, 1.165) is 17.4 Å². The van der Waals surface area contributed by atoms with Crippen LogP contribution < -0.4 is 9.47 Å². The summed E-state index contributed by atoms with van der Waals surface area (Å²) in [4.78, 5) is 33.2. The number of fused-ring (bicyclic) bond motifs is 4. The van der Waals surface area contributed by atoms with Crippen LogP contribution in [0.4, 0.5) is 4.39 Å². The Kier molecular flexibility index (Phi) is 11.4. The minimum atomic E-state index is -3.99. The molecule has 1 aromatic heterocycles. The molecule has 0 unspecified atom stereocenters. The van der Waals surface area contributed by atoms with Crippen LogP contribution in [0.5, 0.6) is 11.6 Å². The van der Waals surface area contributed by atoms with Crippen LogP contribution in [0.3, 0.4) is 0 Å². The Hall–Kier alpha value is -4.19. The number of aliphatic hydroxyl groups excluding tert-OH is 1. The molecule has 7 rings (SSSR count). The lowest BCUT2D eigenvalue weighted by Gasteiger charge is -2.55. The summed E-state index contributed by atoms with van der Waals surface area (Å²) in [6.45, 7) is 9.33. The molecule has 1 fully saturated rings. The van der Waals surface area contributed by atoms with Gasteiger partial charge >= 0.3 is 0 Å². The summed E-state index contributed by atoms with van der Waals surface area (Å²) in [5, 5.41) is 16.3. The van der Waals surface area contributed by atoms with E-state index in [9.17, 15) is 13.5 Å². The van der Waals surface area contributed by atoms with E-state index in [1.54, 1.807) is 14.1 Å². The third-order valence-electron chi connectivity index (χ3n) is 12.1. The van der Waals surface area contributed by atoms with Gasteiger partial charge in [-0.2, -0.15) is 8.42 Å². The highest BCUT2D eigenvalue weighted by Crippen LogP contribution is 2.59. The predicted octanol–water partition coefficient (Wildman–Crippen LogP) is 8.50. The zero-order valence-electron chi connectivity index (χ0n) is 34.2. The Morgan fingerprint density at radius 3 is 2.12 bits per heavy atom. The molecule has 0 amide bonds. The first kappa shape index (κ1) is 42.9. The smallest absolute Gasteiger partial charge is 0.265 e. The number of halogens is 2. The number of carbonyl (C=O) groups excluding carboxylic acids is 2. The summed E-state index contributed by atoms with van der Waals surface area (Å²) < 4.78 is 71.7. The number of benzene rings is 3. The van der Waals surface area contributed by atoms with Crippen molar-refractivity contribution < 1.29 is 50.1 Å². The van der Waals surface area contributed by atoms with E-state index in [0.29, 0.717) is 0 Å². The van der Waals surface area contributed by atoms with E-state index in [4.69, 9.17) is 22.6 Å². The fourth-order valence-electron chi connectivity index (χ4n) is 8.22. The molecule has 314 valence electrons. The normalized spacial score (nSPS) is 21.8. The Morgan fingerprint density at radius 1 is 0.966 bits per heavy atom. The first-order chi connectivity index (χ1) is 27.7. The van der Waals surface area contributed by atoms with Crippen molar-refractivity contribution in [3.63, 3.8) is 0 Å². The zero-order chi connectivity index (χ0) is 42.8. The average Bonchev–Trinajstić information content (AvgIpc) is 3.58. The highest BCUT2D eigenvalue weighted by molar-refractivity contribution is 9.10. The Morgan fingerprint density at radius 2 is 1.56 bits per heavy atom. The minimum absolute atomic E-state index is 0.00281. The molecule has 0 radical (unpaired) electrons. The number of aliphatic hydroxyl groups is 1. The maximum atomic E-state index is 16.9. The molecular weight excluding hydrogens is 864 g/mol. The molecule has 0 aliphatic heterocycles. The van der Waals surface area contributed by atoms with Gasteiger partial charge in [0.05, 0.1) is 28.9 Å². The lowest BCUT2D eigenvalue weighted by atomic mass is 9.57. The SMILES string of the molecule is CN(C)[C@@H]1c2onc(OCc3ccccc3)c2C(=O)[C@@]2(O[Si](C)(C)C(C)(C)C)C(=O)C3=C(O)c4c(c(F)c(COS(C)(=O)=O)c(Br)c4OCc4ccccc4)C[C@H]3C[C@@H]12. The van der Waals surface area contributed by atoms with Crippen LogP contribution in [0.15, 0.2) is 75.2 Å². The third-order valence-corrected chi connectivity index (χ3v) is 17.9. The van der Waals surface area contributed by atoms with Crippen LogP contribution >= 0.6 is 15.9 Å². The molecule has 3 aliphatic carbocycles. The largest absolute Gasteiger partial charge is 0.507 e. The van der Waals surface area contributed by atoms with Gasteiger partial charge in [0.1, 0.15) is 36.1 Å². The molecule has 3 aromatic carbocycles. The lowest BCUT2D eigenvalue weighted by Crippen LogP contribution is -2.68. The number of Topliss-reactive ketones (excluding diaryl/α,β-unsaturated/α-hetero) is 2. The van der Waals surface area contributed by atoms with Crippen LogP contribution in [0.25, 0.3) is 5.76 Å². The lowest BCUT2D eigenvalue weighted by molar-refractivity contribution is -0.140. The Labute approximate surface area is 353 Å². The second-order valence-electron chi connectivity index (χ2n) is 17.2. The van der Waals surface area contributed by atoms with Crippen molar-refractivity contribution in [1.82, 2.24) is 10.1 Å². The van der Waals surface area contributed by atoms with Crippen LogP contribution in [0.1, 0.15) is 77.2 Å². The van der Waals surface area contributed by atoms with Crippen LogP contribution in [0, 0.1) is 17.7 Å². The molecule has 1 saturated carbocycles. The minimum Gasteiger partial charge on any atom is -0.507 e. The molecule has 59 heavy (non-hydrogen) atoms. The summed E-state index contributed by atoms with van der Waals surface area (Å²) >= 11 is 3.43. The van der Waals surface area contributed by atoms with Crippen molar-refractivity contribution in [2.45, 2.75) is 83.2 Å². The molecule has 0 saturated heterocycles. The van der Waals surface area contributed by atoms with E-state index in [2.05, 4.69) is 21.1 Å². The number of ether oxygens (including phenoxy) is 2. The van der Waals surface area contributed by atoms with E-state index in [1.807, 2.05) is 99.4 Å². The summed E-state index contributed by atoms with van der Waals surface area (Å²) in [5.74, 6) is -4.35. The van der Waals surface area contributed by atoms with Crippen molar-refractivity contribution >= 4 is 51.7 Å². The molecule has 4 atom stereocenters. The zero-order valence-corrected chi connectivity index (χ0v) is 37.6. The van der Waals surface area contributed by atoms with E-state index >= 15 is 14.0 Å². The number of carbonyl (C=O) groups is 2. The van der Waals surface area contributed by atoms with Gasteiger partial charge in [0.15, 0.2) is 19.7 Å². The van der Waals surface area contributed by atoms with E-state index in [1.165, 1.54) is 0 Å². The van der Waals surface area contributed by atoms with Crippen LogP contribution in [-0.2, 0) is 49.8 Å². The van der Waals surface area contributed by atoms with Gasteiger partial charge in [0, 0.05) is 22.6 Å². The van der Waals surface area contributed by atoms with Crippen LogP contribution in [-0.4, -0.2) is 69.4 Å². The summed E-state index contributed by atoms with van der Waals surface area (Å²) in [6.07, 6.45) is 0.865. The topological polar surface area (TPSA) is 155 Å². The number of hydrogen-bond acceptors (Lipinski definition) is 12. The van der Waals surface area contributed by atoms with Gasteiger partial charge in [-0.25, -0.2) is 4.39 Å². The molecular formula is C43H48BrFN2O10SSi. The number of hydrogen-bond donors (Lipinski definition) is 1.